The summed E-state index contributed by atoms with van der Waals surface area (Å²) in [6, 6.07) is 6.64. The van der Waals surface area contributed by atoms with Crippen molar-refractivity contribution in [2.75, 3.05) is 40.5 Å². The lowest BCUT2D eigenvalue weighted by Gasteiger charge is -2.40. The van der Waals surface area contributed by atoms with Gasteiger partial charge in [-0.05, 0) is 24.1 Å². The van der Waals surface area contributed by atoms with E-state index in [4.69, 9.17) is 19.9 Å². The lowest BCUT2D eigenvalue weighted by atomic mass is 10.0. The Labute approximate surface area is 127 Å². The van der Waals surface area contributed by atoms with Gasteiger partial charge in [-0.25, -0.2) is 0 Å². The summed E-state index contributed by atoms with van der Waals surface area (Å²) in [5.74, 6) is 1.49. The van der Waals surface area contributed by atoms with Gasteiger partial charge < -0.3 is 19.9 Å². The fourth-order valence-corrected chi connectivity index (χ4v) is 2.95. The highest BCUT2D eigenvalue weighted by Crippen LogP contribution is 2.33. The van der Waals surface area contributed by atoms with Crippen LogP contribution in [-0.4, -0.2) is 51.5 Å². The van der Waals surface area contributed by atoms with E-state index in [1.165, 1.54) is 0 Å². The summed E-state index contributed by atoms with van der Waals surface area (Å²) in [5, 5.41) is 0. The first-order valence-corrected chi connectivity index (χ1v) is 7.50. The number of benzene rings is 1. The van der Waals surface area contributed by atoms with Gasteiger partial charge >= 0.3 is 0 Å². The first-order chi connectivity index (χ1) is 10.2. The van der Waals surface area contributed by atoms with Gasteiger partial charge in [-0.2, -0.15) is 0 Å². The minimum absolute atomic E-state index is 0.179. The largest absolute Gasteiger partial charge is 0.493 e. The van der Waals surface area contributed by atoms with E-state index in [1.54, 1.807) is 14.2 Å². The van der Waals surface area contributed by atoms with Gasteiger partial charge in [-0.3, -0.25) is 4.90 Å². The van der Waals surface area contributed by atoms with Crippen molar-refractivity contribution in [3.8, 4) is 11.5 Å². The Morgan fingerprint density at radius 3 is 2.71 bits per heavy atom. The molecule has 0 aliphatic carbocycles. The summed E-state index contributed by atoms with van der Waals surface area (Å²) in [6.45, 7) is 5.22. The molecule has 5 heteroatoms. The second-order valence-corrected chi connectivity index (χ2v) is 5.24. The summed E-state index contributed by atoms with van der Waals surface area (Å²) in [4.78, 5) is 2.45. The molecule has 0 aromatic heterocycles. The fraction of sp³-hybridized carbons (Fsp3) is 0.625. The van der Waals surface area contributed by atoms with E-state index in [1.807, 2.05) is 12.1 Å². The second-order valence-electron chi connectivity index (χ2n) is 5.24. The van der Waals surface area contributed by atoms with Gasteiger partial charge in [0.1, 0.15) is 0 Å². The fourth-order valence-electron chi connectivity index (χ4n) is 2.95. The van der Waals surface area contributed by atoms with Gasteiger partial charge in [0.05, 0.1) is 27.4 Å². The third-order valence-corrected chi connectivity index (χ3v) is 4.16. The average Bonchev–Trinajstić information content (AvgIpc) is 2.55. The van der Waals surface area contributed by atoms with E-state index in [9.17, 15) is 0 Å². The molecule has 2 atom stereocenters. The molecule has 0 amide bonds. The van der Waals surface area contributed by atoms with Gasteiger partial charge in [-0.15, -0.1) is 0 Å². The van der Waals surface area contributed by atoms with Crippen molar-refractivity contribution in [1.82, 2.24) is 4.90 Å². The molecular weight excluding hydrogens is 268 g/mol. The highest BCUT2D eigenvalue weighted by Gasteiger charge is 2.29. The smallest absolute Gasteiger partial charge is 0.161 e. The summed E-state index contributed by atoms with van der Waals surface area (Å²) in [5.41, 5.74) is 7.22. The van der Waals surface area contributed by atoms with Gasteiger partial charge in [0.25, 0.3) is 0 Å². The first kappa shape index (κ1) is 16.1. The molecule has 1 aromatic carbocycles. The summed E-state index contributed by atoms with van der Waals surface area (Å²) < 4.78 is 16.3. The van der Waals surface area contributed by atoms with Crippen LogP contribution in [0.4, 0.5) is 0 Å². The van der Waals surface area contributed by atoms with Crippen LogP contribution < -0.4 is 15.2 Å². The van der Waals surface area contributed by atoms with Crippen molar-refractivity contribution in [3.63, 3.8) is 0 Å². The maximum absolute atomic E-state index is 6.06. The second kappa shape index (κ2) is 7.64. The van der Waals surface area contributed by atoms with Crippen LogP contribution in [0.3, 0.4) is 0 Å². The Morgan fingerprint density at radius 2 is 2.10 bits per heavy atom. The summed E-state index contributed by atoms with van der Waals surface area (Å²) >= 11 is 0. The number of nitrogens with zero attached hydrogens (tertiary/aromatic N) is 1. The monoisotopic (exact) mass is 294 g/mol. The minimum Gasteiger partial charge on any atom is -0.493 e. The molecule has 1 saturated heterocycles. The third kappa shape index (κ3) is 3.48. The molecule has 1 fully saturated rings. The molecule has 0 bridgehead atoms. The zero-order valence-corrected chi connectivity index (χ0v) is 13.2. The molecule has 0 spiro atoms. The molecule has 1 aliphatic rings. The lowest BCUT2D eigenvalue weighted by molar-refractivity contribution is -0.0291. The number of hydrogen-bond acceptors (Lipinski definition) is 5. The molecule has 0 saturated carbocycles. The Kier molecular flexibility index (Phi) is 5.85. The van der Waals surface area contributed by atoms with Gasteiger partial charge in [0.2, 0.25) is 0 Å². The van der Waals surface area contributed by atoms with E-state index in [2.05, 4.69) is 17.9 Å². The zero-order valence-electron chi connectivity index (χ0n) is 13.2. The van der Waals surface area contributed by atoms with Crippen LogP contribution in [0, 0.1) is 0 Å². The molecule has 118 valence electrons. The molecule has 1 heterocycles. The predicted molar refractivity (Wildman–Crippen MR) is 82.9 cm³/mol. The SMILES string of the molecule is CCC1COCCN1C(CN)c1ccc(OC)c(OC)c1. The van der Waals surface area contributed by atoms with Gasteiger partial charge in [-0.1, -0.05) is 13.0 Å². The van der Waals surface area contributed by atoms with Crippen molar-refractivity contribution in [2.45, 2.75) is 25.4 Å². The molecule has 2 unspecified atom stereocenters. The van der Waals surface area contributed by atoms with E-state index in [-0.39, 0.29) is 6.04 Å². The molecule has 2 rings (SSSR count). The summed E-state index contributed by atoms with van der Waals surface area (Å²) in [7, 11) is 3.30. The van der Waals surface area contributed by atoms with Crippen LogP contribution in [0.25, 0.3) is 0 Å². The van der Waals surface area contributed by atoms with E-state index in [0.717, 1.165) is 43.2 Å². The molecule has 1 aromatic rings. The number of ether oxygens (including phenoxy) is 3. The van der Waals surface area contributed by atoms with Crippen molar-refractivity contribution in [1.29, 1.82) is 0 Å². The topological polar surface area (TPSA) is 57.0 Å². The minimum atomic E-state index is 0.179. The molecule has 0 radical (unpaired) electrons. The molecule has 1 aliphatic heterocycles. The number of hydrogen-bond donors (Lipinski definition) is 1. The molecule has 21 heavy (non-hydrogen) atoms. The van der Waals surface area contributed by atoms with Crippen LogP contribution in [0.15, 0.2) is 18.2 Å². The standard InChI is InChI=1S/C16H26N2O3/c1-4-13-11-21-8-7-18(13)14(10-17)12-5-6-15(19-2)16(9-12)20-3/h5-6,9,13-14H,4,7-8,10-11,17H2,1-3H3. The van der Waals surface area contributed by atoms with Gasteiger partial charge in [0, 0.05) is 25.2 Å². The molecule has 2 N–H and O–H groups in total. The van der Waals surface area contributed by atoms with Crippen molar-refractivity contribution < 1.29 is 14.2 Å². The van der Waals surface area contributed by atoms with Crippen LogP contribution in [0.2, 0.25) is 0 Å². The average molecular weight is 294 g/mol. The molecular formula is C16H26N2O3. The number of rotatable bonds is 6. The van der Waals surface area contributed by atoms with Crippen LogP contribution in [0.5, 0.6) is 11.5 Å². The quantitative estimate of drug-likeness (QED) is 0.867. The van der Waals surface area contributed by atoms with Gasteiger partial charge in [0.15, 0.2) is 11.5 Å². The Morgan fingerprint density at radius 1 is 1.33 bits per heavy atom. The van der Waals surface area contributed by atoms with Crippen LogP contribution >= 0.6 is 0 Å². The zero-order chi connectivity index (χ0) is 15.2. The Balaban J connectivity index is 2.27. The number of methoxy groups -OCH3 is 2. The van der Waals surface area contributed by atoms with E-state index < -0.39 is 0 Å². The predicted octanol–water partition coefficient (Wildman–Crippen LogP) is 1.81. The van der Waals surface area contributed by atoms with E-state index >= 15 is 0 Å². The van der Waals surface area contributed by atoms with Crippen molar-refractivity contribution >= 4 is 0 Å². The van der Waals surface area contributed by atoms with Crippen molar-refractivity contribution in [3.05, 3.63) is 23.8 Å². The lowest BCUT2D eigenvalue weighted by Crippen LogP contribution is -2.48. The number of nitrogens with two attached hydrogens (primary N) is 1. The summed E-state index contributed by atoms with van der Waals surface area (Å²) in [6.07, 6.45) is 1.06. The normalized spacial score (nSPS) is 21.0. The Hall–Kier alpha value is -1.30. The highest BCUT2D eigenvalue weighted by atomic mass is 16.5. The number of morpholine rings is 1. The third-order valence-electron chi connectivity index (χ3n) is 4.16. The van der Waals surface area contributed by atoms with Crippen molar-refractivity contribution in [2.24, 2.45) is 5.73 Å². The highest BCUT2D eigenvalue weighted by molar-refractivity contribution is 5.44. The maximum atomic E-state index is 6.06. The van der Waals surface area contributed by atoms with E-state index in [0.29, 0.717) is 12.6 Å². The first-order valence-electron chi connectivity index (χ1n) is 7.50. The molecule has 5 nitrogen and oxygen atoms in total. The van der Waals surface area contributed by atoms with Crippen LogP contribution in [-0.2, 0) is 4.74 Å². The van der Waals surface area contributed by atoms with Crippen LogP contribution in [0.1, 0.15) is 24.9 Å². The maximum Gasteiger partial charge on any atom is 0.161 e. The Bertz CT molecular complexity index is 453.